The summed E-state index contributed by atoms with van der Waals surface area (Å²) in [6.45, 7) is 7.97. The number of ketones is 1. The van der Waals surface area contributed by atoms with Crippen LogP contribution >= 0.6 is 0 Å². The van der Waals surface area contributed by atoms with Gasteiger partial charge >= 0.3 is 12.1 Å². The van der Waals surface area contributed by atoms with E-state index in [4.69, 9.17) is 18.9 Å². The van der Waals surface area contributed by atoms with E-state index in [9.17, 15) is 22.8 Å². The maximum atomic E-state index is 13.8. The fourth-order valence-corrected chi connectivity index (χ4v) is 5.04. The molecule has 1 aliphatic carbocycles. The van der Waals surface area contributed by atoms with Gasteiger partial charge in [-0.25, -0.2) is 0 Å². The minimum atomic E-state index is -4.70. The molecule has 3 unspecified atom stereocenters. The number of anilines is 1. The molecule has 0 amide bonds. The maximum Gasteiger partial charge on any atom is 0.401 e. The monoisotopic (exact) mass is 556 g/mol. The van der Waals surface area contributed by atoms with Crippen molar-refractivity contribution in [3.05, 3.63) is 41.7 Å². The number of allylic oxidation sites excluding steroid dienone is 1. The van der Waals surface area contributed by atoms with Gasteiger partial charge in [-0.1, -0.05) is 6.07 Å². The molecular formula is C28H39F3N2O6. The van der Waals surface area contributed by atoms with Crippen LogP contribution in [0.3, 0.4) is 0 Å². The Morgan fingerprint density at radius 3 is 2.59 bits per heavy atom. The summed E-state index contributed by atoms with van der Waals surface area (Å²) in [5.74, 6) is -5.03. The quantitative estimate of drug-likeness (QED) is 0.222. The molecule has 218 valence electrons. The number of carbonyl (C=O) groups is 2. The number of morpholine rings is 1. The van der Waals surface area contributed by atoms with Crippen molar-refractivity contribution in [2.75, 3.05) is 65.0 Å². The molecule has 4 atom stereocenters. The molecule has 2 aliphatic rings. The second-order valence-corrected chi connectivity index (χ2v) is 9.98. The second kappa shape index (κ2) is 14.7. The normalized spacial score (nSPS) is 24.3. The Balaban J connectivity index is 1.50. The van der Waals surface area contributed by atoms with Crippen molar-refractivity contribution in [2.24, 2.45) is 17.8 Å². The van der Waals surface area contributed by atoms with Crippen molar-refractivity contribution in [3.63, 3.8) is 0 Å². The van der Waals surface area contributed by atoms with Gasteiger partial charge in [-0.15, -0.1) is 0 Å². The fourth-order valence-electron chi connectivity index (χ4n) is 5.04. The third-order valence-corrected chi connectivity index (χ3v) is 7.40. The summed E-state index contributed by atoms with van der Waals surface area (Å²) in [6.07, 6.45) is -2.86. The highest BCUT2D eigenvalue weighted by atomic mass is 19.4. The lowest BCUT2D eigenvalue weighted by molar-refractivity contribution is -0.199. The smallest absolute Gasteiger partial charge is 0.401 e. The van der Waals surface area contributed by atoms with Gasteiger partial charge in [-0.3, -0.25) is 14.5 Å². The lowest BCUT2D eigenvalue weighted by Gasteiger charge is -2.26. The molecule has 2 fully saturated rings. The molecule has 11 heteroatoms. The van der Waals surface area contributed by atoms with Crippen molar-refractivity contribution in [1.29, 1.82) is 0 Å². The number of nitrogens with one attached hydrogen (secondary N) is 1. The number of rotatable bonds is 13. The molecule has 8 nitrogen and oxygen atoms in total. The fraction of sp³-hybridized carbons (Fsp3) is 0.643. The van der Waals surface area contributed by atoms with Gasteiger partial charge < -0.3 is 24.3 Å². The number of ether oxygens (including phenoxy) is 4. The standard InChI is InChI=1S/C28H39F3N2O6/c1-19-6-7-21(17-20(19)2)32-18-23-22(27(36-3)25(26(23)35)28(29,30)31)5-4-12-37-13-8-24(34)39-16-11-33-9-14-38-15-10-33/h4,6-7,12,17,22-23,25,27,32H,5,8-11,13-16,18H2,1-3H3/b12-4-/t22-,23?,25?,27?/m1/s1. The van der Waals surface area contributed by atoms with Crippen molar-refractivity contribution >= 4 is 17.4 Å². The van der Waals surface area contributed by atoms with Gasteiger partial charge in [0, 0.05) is 50.8 Å². The number of alkyl halides is 3. The van der Waals surface area contributed by atoms with Gasteiger partial charge in [0.2, 0.25) is 0 Å². The third kappa shape index (κ3) is 8.94. The van der Waals surface area contributed by atoms with Crippen LogP contribution in [0.25, 0.3) is 0 Å². The van der Waals surface area contributed by atoms with Crippen LogP contribution in [0.4, 0.5) is 18.9 Å². The zero-order valence-corrected chi connectivity index (χ0v) is 22.8. The van der Waals surface area contributed by atoms with E-state index in [1.165, 1.54) is 13.4 Å². The Bertz CT molecular complexity index is 981. The van der Waals surface area contributed by atoms with E-state index < -0.39 is 35.8 Å². The molecule has 1 saturated carbocycles. The van der Waals surface area contributed by atoms with Crippen molar-refractivity contribution in [3.8, 4) is 0 Å². The zero-order chi connectivity index (χ0) is 28.4. The van der Waals surface area contributed by atoms with Crippen LogP contribution < -0.4 is 5.32 Å². The average Bonchev–Trinajstić information content (AvgIpc) is 3.18. The number of hydrogen-bond donors (Lipinski definition) is 1. The van der Waals surface area contributed by atoms with E-state index in [2.05, 4.69) is 10.2 Å². The first-order chi connectivity index (χ1) is 18.6. The molecule has 3 rings (SSSR count). The Labute approximate surface area is 227 Å². The van der Waals surface area contributed by atoms with E-state index in [0.29, 0.717) is 26.4 Å². The van der Waals surface area contributed by atoms with E-state index in [1.807, 2.05) is 32.0 Å². The molecule has 39 heavy (non-hydrogen) atoms. The lowest BCUT2D eigenvalue weighted by Crippen LogP contribution is -2.38. The van der Waals surface area contributed by atoms with Crippen LogP contribution in [0.15, 0.2) is 30.5 Å². The highest BCUT2D eigenvalue weighted by Crippen LogP contribution is 2.45. The Morgan fingerprint density at radius 1 is 1.18 bits per heavy atom. The van der Waals surface area contributed by atoms with Crippen molar-refractivity contribution in [2.45, 2.75) is 39.0 Å². The van der Waals surface area contributed by atoms with Gasteiger partial charge in [-0.2, -0.15) is 13.2 Å². The van der Waals surface area contributed by atoms with E-state index in [-0.39, 0.29) is 32.0 Å². The SMILES string of the molecule is COC1C(C(F)(F)F)C(=O)C(CNc2ccc(C)c(C)c2)[C@H]1C/C=C\OCCC(=O)OCCN1CCOCC1. The Kier molecular flexibility index (Phi) is 11.6. The first-order valence-electron chi connectivity index (χ1n) is 13.3. The molecule has 0 aromatic heterocycles. The largest absolute Gasteiger partial charge is 0.501 e. The summed E-state index contributed by atoms with van der Waals surface area (Å²) < 4.78 is 62.5. The molecular weight excluding hydrogens is 517 g/mol. The van der Waals surface area contributed by atoms with E-state index >= 15 is 0 Å². The number of methoxy groups -OCH3 is 1. The second-order valence-electron chi connectivity index (χ2n) is 9.98. The molecule has 1 saturated heterocycles. The molecule has 0 bridgehead atoms. The molecule has 1 aromatic carbocycles. The molecule has 1 heterocycles. The minimum Gasteiger partial charge on any atom is -0.501 e. The maximum absolute atomic E-state index is 13.8. The molecule has 0 spiro atoms. The number of aryl methyl sites for hydroxylation is 2. The highest BCUT2D eigenvalue weighted by molar-refractivity contribution is 5.88. The molecule has 1 aliphatic heterocycles. The number of carbonyl (C=O) groups excluding carboxylic acids is 2. The third-order valence-electron chi connectivity index (χ3n) is 7.40. The predicted molar refractivity (Wildman–Crippen MR) is 139 cm³/mol. The summed E-state index contributed by atoms with van der Waals surface area (Å²) in [7, 11) is 1.20. The molecule has 1 aromatic rings. The minimum absolute atomic E-state index is 0.0503. The van der Waals surface area contributed by atoms with Crippen LogP contribution in [0.1, 0.15) is 24.0 Å². The summed E-state index contributed by atoms with van der Waals surface area (Å²) in [5, 5.41) is 3.13. The Morgan fingerprint density at radius 2 is 1.92 bits per heavy atom. The summed E-state index contributed by atoms with van der Waals surface area (Å²) in [4.78, 5) is 27.0. The van der Waals surface area contributed by atoms with Gasteiger partial charge in [0.1, 0.15) is 12.5 Å². The van der Waals surface area contributed by atoms with Crippen LogP contribution in [-0.2, 0) is 28.5 Å². The van der Waals surface area contributed by atoms with Crippen molar-refractivity contribution < 1.29 is 41.7 Å². The summed E-state index contributed by atoms with van der Waals surface area (Å²) in [5.41, 5.74) is 2.88. The topological polar surface area (TPSA) is 86.3 Å². The number of Topliss-reactive ketones (excluding diaryl/α,β-unsaturated/α-hetero) is 1. The van der Waals surface area contributed by atoms with Gasteiger partial charge in [0.25, 0.3) is 0 Å². The zero-order valence-electron chi connectivity index (χ0n) is 22.8. The lowest BCUT2D eigenvalue weighted by atomic mass is 9.90. The van der Waals surface area contributed by atoms with Crippen LogP contribution in [0.5, 0.6) is 0 Å². The average molecular weight is 557 g/mol. The summed E-state index contributed by atoms with van der Waals surface area (Å²) in [6, 6.07) is 5.66. The number of hydrogen-bond acceptors (Lipinski definition) is 8. The van der Waals surface area contributed by atoms with Crippen molar-refractivity contribution in [1.82, 2.24) is 4.90 Å². The molecule has 1 N–H and O–H groups in total. The summed E-state index contributed by atoms with van der Waals surface area (Å²) >= 11 is 0. The van der Waals surface area contributed by atoms with E-state index in [0.717, 1.165) is 29.9 Å². The number of halogens is 3. The Hall–Kier alpha value is -2.63. The highest BCUT2D eigenvalue weighted by Gasteiger charge is 2.60. The molecule has 0 radical (unpaired) electrons. The number of benzene rings is 1. The van der Waals surface area contributed by atoms with E-state index in [1.54, 1.807) is 6.08 Å². The number of esters is 1. The number of nitrogens with zero attached hydrogens (tertiary/aromatic N) is 1. The van der Waals surface area contributed by atoms with Gasteiger partial charge in [0.15, 0.2) is 5.78 Å². The van der Waals surface area contributed by atoms with Crippen LogP contribution in [0, 0.1) is 31.6 Å². The first-order valence-corrected chi connectivity index (χ1v) is 13.3. The van der Waals surface area contributed by atoms with Crippen LogP contribution in [-0.4, -0.2) is 88.6 Å². The van der Waals surface area contributed by atoms with Crippen LogP contribution in [0.2, 0.25) is 0 Å². The first kappa shape index (κ1) is 30.9. The van der Waals surface area contributed by atoms with Gasteiger partial charge in [-0.05, 0) is 49.6 Å². The predicted octanol–water partition coefficient (Wildman–Crippen LogP) is 3.91. The van der Waals surface area contributed by atoms with Gasteiger partial charge in [0.05, 0.1) is 38.6 Å².